The Hall–Kier alpha value is -3.18. The minimum atomic E-state index is -0.402. The van der Waals surface area contributed by atoms with Gasteiger partial charge in [-0.1, -0.05) is 12.1 Å². The molecule has 0 aliphatic carbocycles. The van der Waals surface area contributed by atoms with E-state index < -0.39 is 5.84 Å². The van der Waals surface area contributed by atoms with Gasteiger partial charge in [-0.3, -0.25) is 15.6 Å². The first-order valence-corrected chi connectivity index (χ1v) is 8.04. The number of nitriles is 1. The number of amidine groups is 1. The molecule has 1 aromatic heterocycles. The van der Waals surface area contributed by atoms with Gasteiger partial charge in [0.2, 0.25) is 5.71 Å². The minimum Gasteiger partial charge on any atom is -0.382 e. The van der Waals surface area contributed by atoms with Crippen LogP contribution in [0.4, 0.5) is 11.4 Å². The number of carbonyl (C=O) groups is 1. The lowest BCUT2D eigenvalue weighted by atomic mass is 10.1. The summed E-state index contributed by atoms with van der Waals surface area (Å²) >= 11 is 1.41. The fraction of sp³-hybridized carbons (Fsp3) is 0.125. The molecule has 0 spiro atoms. The highest BCUT2D eigenvalue weighted by atomic mass is 32.1. The molecule has 0 bridgehead atoms. The Morgan fingerprint density at radius 3 is 2.96 bits per heavy atom. The van der Waals surface area contributed by atoms with Crippen LogP contribution in [0.2, 0.25) is 0 Å². The number of rotatable bonds is 4. The molecular weight excluding hydrogens is 324 g/mol. The number of nitrogens with one attached hydrogen (secondary N) is 2. The predicted molar refractivity (Wildman–Crippen MR) is 94.7 cm³/mol. The summed E-state index contributed by atoms with van der Waals surface area (Å²) in [4.78, 5) is 15.0. The zero-order valence-corrected chi connectivity index (χ0v) is 13.4. The molecule has 2 aromatic rings. The van der Waals surface area contributed by atoms with E-state index in [-0.39, 0.29) is 11.6 Å². The largest absolute Gasteiger partial charge is 0.382 e. The van der Waals surface area contributed by atoms with Gasteiger partial charge in [0.25, 0.3) is 5.91 Å². The average molecular weight is 338 g/mol. The molecule has 0 fully saturated rings. The Morgan fingerprint density at radius 1 is 1.46 bits per heavy atom. The number of nitrogens with zero attached hydrogens (tertiary/aromatic N) is 3. The number of nitrogens with two attached hydrogens (primary N) is 1. The van der Waals surface area contributed by atoms with E-state index in [2.05, 4.69) is 10.5 Å². The van der Waals surface area contributed by atoms with Crippen molar-refractivity contribution in [2.24, 2.45) is 10.8 Å². The average Bonchev–Trinajstić information content (AvgIpc) is 3.24. The topological polar surface area (TPSA) is 118 Å². The monoisotopic (exact) mass is 338 g/mol. The first kappa shape index (κ1) is 15.7. The first-order valence-electron chi connectivity index (χ1n) is 7.16. The van der Waals surface area contributed by atoms with Gasteiger partial charge in [-0.15, -0.1) is 11.3 Å². The number of thiophene rings is 1. The van der Waals surface area contributed by atoms with Gasteiger partial charge in [0.1, 0.15) is 6.07 Å². The Kier molecular flexibility index (Phi) is 4.26. The van der Waals surface area contributed by atoms with Crippen LogP contribution in [0.15, 0.2) is 40.8 Å². The Labute approximate surface area is 142 Å². The van der Waals surface area contributed by atoms with E-state index >= 15 is 0 Å². The maximum atomic E-state index is 12.6. The van der Waals surface area contributed by atoms with Gasteiger partial charge >= 0.3 is 0 Å². The second-order valence-corrected chi connectivity index (χ2v) is 6.07. The van der Waals surface area contributed by atoms with E-state index in [4.69, 9.17) is 16.4 Å². The molecule has 8 heteroatoms. The quantitative estimate of drug-likeness (QED) is 0.450. The SMILES string of the molecule is N#C/C(=N\Nc1ccc2c(c1)N(C(=O)c1cccs1)CC2)C(=N)N. The molecule has 24 heavy (non-hydrogen) atoms. The molecule has 7 nitrogen and oxygen atoms in total. The number of hydrogen-bond acceptors (Lipinski definition) is 6. The molecule has 1 amide bonds. The summed E-state index contributed by atoms with van der Waals surface area (Å²) in [6.07, 6.45) is 0.798. The van der Waals surface area contributed by atoms with Crippen LogP contribution in [0.1, 0.15) is 15.2 Å². The molecule has 2 heterocycles. The second-order valence-electron chi connectivity index (χ2n) is 5.13. The van der Waals surface area contributed by atoms with Crippen molar-refractivity contribution in [2.75, 3.05) is 16.9 Å². The number of hydrazone groups is 1. The lowest BCUT2D eigenvalue weighted by Crippen LogP contribution is -2.28. The van der Waals surface area contributed by atoms with Crippen LogP contribution in [0.3, 0.4) is 0 Å². The summed E-state index contributed by atoms with van der Waals surface area (Å²) in [6, 6.07) is 11.0. The molecule has 1 aliphatic heterocycles. The van der Waals surface area contributed by atoms with Crippen molar-refractivity contribution < 1.29 is 4.79 Å². The van der Waals surface area contributed by atoms with Crippen LogP contribution in [0, 0.1) is 16.7 Å². The van der Waals surface area contributed by atoms with Crippen molar-refractivity contribution in [1.82, 2.24) is 0 Å². The van der Waals surface area contributed by atoms with Crippen LogP contribution in [-0.4, -0.2) is 24.0 Å². The third-order valence-electron chi connectivity index (χ3n) is 3.62. The number of fused-ring (bicyclic) bond motifs is 1. The van der Waals surface area contributed by atoms with E-state index in [1.807, 2.05) is 35.7 Å². The molecule has 0 radical (unpaired) electrons. The maximum Gasteiger partial charge on any atom is 0.268 e. The third-order valence-corrected chi connectivity index (χ3v) is 4.47. The lowest BCUT2D eigenvalue weighted by molar-refractivity contribution is 0.0993. The Balaban J connectivity index is 1.85. The lowest BCUT2D eigenvalue weighted by Gasteiger charge is -2.17. The fourth-order valence-corrected chi connectivity index (χ4v) is 3.13. The standard InChI is InChI=1S/C16H14N6OS/c17-9-12(15(18)19)21-20-11-4-3-10-5-6-22(13(10)8-11)16(23)14-2-1-7-24-14/h1-4,7-8,20H,5-6H2,(H3,18,19)/b21-12+. The van der Waals surface area contributed by atoms with Crippen LogP contribution in [0.5, 0.6) is 0 Å². The highest BCUT2D eigenvalue weighted by Gasteiger charge is 2.26. The van der Waals surface area contributed by atoms with E-state index in [1.165, 1.54) is 11.3 Å². The normalized spacial score (nSPS) is 13.3. The van der Waals surface area contributed by atoms with E-state index in [9.17, 15) is 4.79 Å². The molecule has 0 atom stereocenters. The molecule has 4 N–H and O–H groups in total. The highest BCUT2D eigenvalue weighted by molar-refractivity contribution is 7.12. The zero-order chi connectivity index (χ0) is 17.1. The summed E-state index contributed by atoms with van der Waals surface area (Å²) in [5.41, 5.74) is 10.3. The first-order chi connectivity index (χ1) is 11.6. The number of amides is 1. The summed E-state index contributed by atoms with van der Waals surface area (Å²) in [5.74, 6) is -0.425. The van der Waals surface area contributed by atoms with Crippen molar-refractivity contribution in [3.8, 4) is 6.07 Å². The van der Waals surface area contributed by atoms with Crippen LogP contribution in [0.25, 0.3) is 0 Å². The summed E-state index contributed by atoms with van der Waals surface area (Å²) in [7, 11) is 0. The van der Waals surface area contributed by atoms with Crippen molar-refractivity contribution in [3.63, 3.8) is 0 Å². The van der Waals surface area contributed by atoms with Gasteiger partial charge in [0, 0.05) is 12.2 Å². The molecular formula is C16H14N6OS. The van der Waals surface area contributed by atoms with Gasteiger partial charge in [-0.2, -0.15) is 10.4 Å². The number of hydrogen-bond donors (Lipinski definition) is 3. The number of carbonyl (C=O) groups excluding carboxylic acids is 1. The van der Waals surface area contributed by atoms with Crippen molar-refractivity contribution in [2.45, 2.75) is 6.42 Å². The van der Waals surface area contributed by atoms with E-state index in [1.54, 1.807) is 11.0 Å². The van der Waals surface area contributed by atoms with E-state index in [0.717, 1.165) is 17.7 Å². The smallest absolute Gasteiger partial charge is 0.268 e. The van der Waals surface area contributed by atoms with Crippen molar-refractivity contribution >= 4 is 40.2 Å². The molecule has 0 saturated heterocycles. The number of anilines is 2. The molecule has 1 aromatic carbocycles. The van der Waals surface area contributed by atoms with Gasteiger partial charge in [0.15, 0.2) is 5.84 Å². The molecule has 1 aliphatic rings. The van der Waals surface area contributed by atoms with Crippen molar-refractivity contribution in [3.05, 3.63) is 46.2 Å². The molecule has 120 valence electrons. The third kappa shape index (κ3) is 2.98. The highest BCUT2D eigenvalue weighted by Crippen LogP contribution is 2.32. The van der Waals surface area contributed by atoms with Crippen LogP contribution < -0.4 is 16.1 Å². The Morgan fingerprint density at radius 2 is 2.29 bits per heavy atom. The summed E-state index contributed by atoms with van der Waals surface area (Å²) in [6.45, 7) is 0.635. The Bertz CT molecular complexity index is 865. The fourth-order valence-electron chi connectivity index (χ4n) is 2.46. The van der Waals surface area contributed by atoms with Gasteiger partial charge in [-0.25, -0.2) is 0 Å². The summed E-state index contributed by atoms with van der Waals surface area (Å²) in [5, 5.41) is 21.8. The second kappa shape index (κ2) is 6.52. The summed E-state index contributed by atoms with van der Waals surface area (Å²) < 4.78 is 0. The van der Waals surface area contributed by atoms with Crippen molar-refractivity contribution in [1.29, 1.82) is 10.7 Å². The van der Waals surface area contributed by atoms with Gasteiger partial charge in [0.05, 0.1) is 10.6 Å². The molecule has 0 saturated carbocycles. The van der Waals surface area contributed by atoms with Gasteiger partial charge in [-0.05, 0) is 35.6 Å². The van der Waals surface area contributed by atoms with Crippen LogP contribution in [-0.2, 0) is 6.42 Å². The molecule has 0 unspecified atom stereocenters. The predicted octanol–water partition coefficient (Wildman–Crippen LogP) is 2.18. The van der Waals surface area contributed by atoms with Gasteiger partial charge < -0.3 is 10.6 Å². The zero-order valence-electron chi connectivity index (χ0n) is 12.6. The van der Waals surface area contributed by atoms with E-state index in [0.29, 0.717) is 17.1 Å². The minimum absolute atomic E-state index is 0.0224. The van der Waals surface area contributed by atoms with Crippen LogP contribution >= 0.6 is 11.3 Å². The maximum absolute atomic E-state index is 12.6. The molecule has 3 rings (SSSR count). The number of benzene rings is 1.